The van der Waals surface area contributed by atoms with Crippen LogP contribution < -0.4 is 4.74 Å². The predicted octanol–water partition coefficient (Wildman–Crippen LogP) is 6.05. The molecule has 3 aromatic rings. The van der Waals surface area contributed by atoms with Gasteiger partial charge in [0.25, 0.3) is 0 Å². The van der Waals surface area contributed by atoms with E-state index in [2.05, 4.69) is 30.9 Å². The maximum atomic E-state index is 12.6. The number of ether oxygens (including phenoxy) is 2. The molecule has 0 aliphatic heterocycles. The van der Waals surface area contributed by atoms with Crippen molar-refractivity contribution in [3.05, 3.63) is 52.3 Å². The SMILES string of the molecule is Cc1cc(OCc2nn(C(=O)OC(C)(C)C)c3ncccc23)c(C(C)(C)C)cc1Cl. The summed E-state index contributed by atoms with van der Waals surface area (Å²) in [6.45, 7) is 13.9. The summed E-state index contributed by atoms with van der Waals surface area (Å²) in [6, 6.07) is 7.56. The molecule has 0 saturated carbocycles. The van der Waals surface area contributed by atoms with Crippen LogP contribution in [0.5, 0.6) is 5.75 Å². The predicted molar refractivity (Wildman–Crippen MR) is 118 cm³/mol. The number of pyridine rings is 1. The van der Waals surface area contributed by atoms with E-state index in [-0.39, 0.29) is 12.0 Å². The Morgan fingerprint density at radius 3 is 2.50 bits per heavy atom. The molecule has 0 aliphatic carbocycles. The molecule has 0 bridgehead atoms. The summed E-state index contributed by atoms with van der Waals surface area (Å²) in [7, 11) is 0. The zero-order valence-electron chi connectivity index (χ0n) is 18.5. The van der Waals surface area contributed by atoms with E-state index in [0.29, 0.717) is 16.4 Å². The molecule has 30 heavy (non-hydrogen) atoms. The molecule has 0 N–H and O–H groups in total. The van der Waals surface area contributed by atoms with E-state index in [1.165, 1.54) is 4.68 Å². The van der Waals surface area contributed by atoms with Crippen LogP contribution in [0.1, 0.15) is 58.4 Å². The van der Waals surface area contributed by atoms with Crippen LogP contribution in [0.4, 0.5) is 4.79 Å². The fourth-order valence-electron chi connectivity index (χ4n) is 3.06. The number of aromatic nitrogens is 3. The number of carbonyl (C=O) groups is 1. The first kappa shape index (κ1) is 22.1. The fourth-order valence-corrected chi connectivity index (χ4v) is 3.22. The smallest absolute Gasteiger partial charge is 0.437 e. The minimum absolute atomic E-state index is 0.147. The van der Waals surface area contributed by atoms with E-state index in [1.807, 2.05) is 45.9 Å². The summed E-state index contributed by atoms with van der Waals surface area (Å²) in [5.41, 5.74) is 2.21. The number of hydrogen-bond acceptors (Lipinski definition) is 5. The standard InChI is InChI=1S/C23H28ClN3O3/c1-14-11-19(16(12-17(14)24)22(2,3)4)29-13-18-15-9-8-10-25-20(15)27(26-18)21(28)30-23(5,6)7/h8-12H,13H2,1-7H3. The number of carbonyl (C=O) groups excluding carboxylic acids is 1. The van der Waals surface area contributed by atoms with E-state index in [4.69, 9.17) is 21.1 Å². The normalized spacial score (nSPS) is 12.3. The third kappa shape index (κ3) is 4.75. The molecule has 0 radical (unpaired) electrons. The first-order valence-electron chi connectivity index (χ1n) is 9.86. The van der Waals surface area contributed by atoms with Gasteiger partial charge in [-0.3, -0.25) is 0 Å². The van der Waals surface area contributed by atoms with Gasteiger partial charge in [0.1, 0.15) is 23.7 Å². The van der Waals surface area contributed by atoms with Crippen molar-refractivity contribution >= 4 is 28.7 Å². The van der Waals surface area contributed by atoms with Gasteiger partial charge in [-0.25, -0.2) is 9.78 Å². The topological polar surface area (TPSA) is 66.2 Å². The molecule has 0 unspecified atom stereocenters. The highest BCUT2D eigenvalue weighted by Gasteiger charge is 2.24. The van der Waals surface area contributed by atoms with Crippen LogP contribution in [0.2, 0.25) is 5.02 Å². The van der Waals surface area contributed by atoms with Gasteiger partial charge in [0.15, 0.2) is 5.65 Å². The summed E-state index contributed by atoms with van der Waals surface area (Å²) in [5, 5.41) is 5.90. The van der Waals surface area contributed by atoms with Gasteiger partial charge < -0.3 is 9.47 Å². The maximum absolute atomic E-state index is 12.6. The van der Waals surface area contributed by atoms with Crippen molar-refractivity contribution in [1.29, 1.82) is 0 Å². The molecule has 1 aromatic carbocycles. The largest absolute Gasteiger partial charge is 0.487 e. The van der Waals surface area contributed by atoms with Crippen molar-refractivity contribution in [2.75, 3.05) is 0 Å². The van der Waals surface area contributed by atoms with E-state index in [0.717, 1.165) is 22.3 Å². The zero-order valence-corrected chi connectivity index (χ0v) is 19.3. The summed E-state index contributed by atoms with van der Waals surface area (Å²) in [6.07, 6.45) is 1.05. The molecule has 0 atom stereocenters. The van der Waals surface area contributed by atoms with Gasteiger partial charge in [0.2, 0.25) is 0 Å². The molecule has 0 saturated heterocycles. The van der Waals surface area contributed by atoms with Gasteiger partial charge in [-0.05, 0) is 62.9 Å². The Balaban J connectivity index is 1.97. The second-order valence-electron chi connectivity index (χ2n) is 9.35. The summed E-state index contributed by atoms with van der Waals surface area (Å²) in [4.78, 5) is 16.9. The van der Waals surface area contributed by atoms with Crippen molar-refractivity contribution in [3.8, 4) is 5.75 Å². The maximum Gasteiger partial charge on any atom is 0.437 e. The Hall–Kier alpha value is -2.60. The molecule has 160 valence electrons. The molecular weight excluding hydrogens is 402 g/mol. The minimum Gasteiger partial charge on any atom is -0.487 e. The lowest BCUT2D eigenvalue weighted by Gasteiger charge is -2.23. The van der Waals surface area contributed by atoms with Crippen molar-refractivity contribution < 1.29 is 14.3 Å². The highest BCUT2D eigenvalue weighted by Crippen LogP contribution is 2.36. The monoisotopic (exact) mass is 429 g/mol. The number of benzene rings is 1. The molecule has 2 heterocycles. The van der Waals surface area contributed by atoms with Crippen LogP contribution >= 0.6 is 11.6 Å². The minimum atomic E-state index is -0.636. The van der Waals surface area contributed by atoms with Crippen molar-refractivity contribution in [1.82, 2.24) is 14.8 Å². The first-order chi connectivity index (χ1) is 13.9. The Bertz CT molecular complexity index is 1090. The third-order valence-electron chi connectivity index (χ3n) is 4.52. The molecule has 0 aliphatic rings. The van der Waals surface area contributed by atoms with E-state index >= 15 is 0 Å². The Kier molecular flexibility index (Phi) is 5.83. The highest BCUT2D eigenvalue weighted by atomic mass is 35.5. The molecule has 6 nitrogen and oxygen atoms in total. The van der Waals surface area contributed by atoms with Crippen molar-refractivity contribution in [2.24, 2.45) is 0 Å². The summed E-state index contributed by atoms with van der Waals surface area (Å²) < 4.78 is 12.8. The van der Waals surface area contributed by atoms with Gasteiger partial charge in [-0.15, -0.1) is 4.68 Å². The number of aryl methyl sites for hydroxylation is 1. The van der Waals surface area contributed by atoms with Gasteiger partial charge in [0.05, 0.1) is 0 Å². The summed E-state index contributed by atoms with van der Waals surface area (Å²) in [5.74, 6) is 0.744. The van der Waals surface area contributed by atoms with Crippen LogP contribution in [0, 0.1) is 6.92 Å². The van der Waals surface area contributed by atoms with Crippen molar-refractivity contribution in [2.45, 2.75) is 66.1 Å². The number of hydrogen-bond donors (Lipinski definition) is 0. The second kappa shape index (κ2) is 7.91. The third-order valence-corrected chi connectivity index (χ3v) is 4.93. The second-order valence-corrected chi connectivity index (χ2v) is 9.76. The molecule has 0 fully saturated rings. The number of nitrogens with zero attached hydrogens (tertiary/aromatic N) is 3. The fraction of sp³-hybridized carbons (Fsp3) is 0.435. The molecule has 0 spiro atoms. The first-order valence-corrected chi connectivity index (χ1v) is 10.2. The molecule has 2 aromatic heterocycles. The lowest BCUT2D eigenvalue weighted by Crippen LogP contribution is -2.28. The molecule has 7 heteroatoms. The average molecular weight is 430 g/mol. The number of rotatable bonds is 3. The van der Waals surface area contributed by atoms with Gasteiger partial charge in [0, 0.05) is 22.2 Å². The lowest BCUT2D eigenvalue weighted by molar-refractivity contribution is 0.0520. The number of fused-ring (bicyclic) bond motifs is 1. The number of halogens is 1. The van der Waals surface area contributed by atoms with Crippen LogP contribution in [-0.2, 0) is 16.8 Å². The molecule has 0 amide bonds. The zero-order chi connectivity index (χ0) is 22.3. The quantitative estimate of drug-likeness (QED) is 0.506. The molecular formula is C23H28ClN3O3. The molecule has 3 rings (SSSR count). The van der Waals surface area contributed by atoms with Gasteiger partial charge >= 0.3 is 6.09 Å². The Labute approximate surface area is 182 Å². The highest BCUT2D eigenvalue weighted by molar-refractivity contribution is 6.31. The average Bonchev–Trinajstić information content (AvgIpc) is 2.99. The Morgan fingerprint density at radius 1 is 1.17 bits per heavy atom. The van der Waals surface area contributed by atoms with Gasteiger partial charge in [-0.2, -0.15) is 5.10 Å². The van der Waals surface area contributed by atoms with Crippen LogP contribution in [0.15, 0.2) is 30.5 Å². The van der Waals surface area contributed by atoms with Crippen LogP contribution in [-0.4, -0.2) is 26.5 Å². The van der Waals surface area contributed by atoms with E-state index in [1.54, 1.807) is 12.3 Å². The van der Waals surface area contributed by atoms with E-state index < -0.39 is 11.7 Å². The summed E-state index contributed by atoms with van der Waals surface area (Å²) >= 11 is 6.35. The van der Waals surface area contributed by atoms with Gasteiger partial charge in [-0.1, -0.05) is 32.4 Å². The Morgan fingerprint density at radius 2 is 1.87 bits per heavy atom. The van der Waals surface area contributed by atoms with Crippen molar-refractivity contribution in [3.63, 3.8) is 0 Å². The van der Waals surface area contributed by atoms with Crippen LogP contribution in [0.3, 0.4) is 0 Å². The van der Waals surface area contributed by atoms with Crippen LogP contribution in [0.25, 0.3) is 11.0 Å². The van der Waals surface area contributed by atoms with E-state index in [9.17, 15) is 4.79 Å². The lowest BCUT2D eigenvalue weighted by atomic mass is 9.86.